The number of nitrogens with zero attached hydrogens (tertiary/aromatic N) is 5. The van der Waals surface area contributed by atoms with Crippen molar-refractivity contribution in [3.05, 3.63) is 36.2 Å². The Balaban J connectivity index is 2.49. The van der Waals surface area contributed by atoms with E-state index in [9.17, 15) is 0 Å². The van der Waals surface area contributed by atoms with Gasteiger partial charge in [0.25, 0.3) is 0 Å². The predicted molar refractivity (Wildman–Crippen MR) is 43.9 cm³/mol. The molecule has 0 aliphatic heterocycles. The van der Waals surface area contributed by atoms with Crippen molar-refractivity contribution in [2.75, 3.05) is 0 Å². The van der Waals surface area contributed by atoms with E-state index in [0.717, 1.165) is 5.69 Å². The molecule has 2 rings (SSSR count). The monoisotopic (exact) mass is 171 g/mol. The Bertz CT molecular complexity index is 440. The number of rotatable bonds is 1. The molecule has 0 aliphatic rings. The molecule has 0 aliphatic carbocycles. The average Bonchev–Trinajstić information content (AvgIpc) is 2.71. The minimum absolute atomic E-state index is 0.591. The van der Waals surface area contributed by atoms with Gasteiger partial charge in [-0.3, -0.25) is 0 Å². The molecule has 1 aromatic heterocycles. The third-order valence-electron chi connectivity index (χ3n) is 1.59. The summed E-state index contributed by atoms with van der Waals surface area (Å²) in [4.78, 5) is 0. The van der Waals surface area contributed by atoms with Crippen LogP contribution in [-0.2, 0) is 0 Å². The molecule has 5 heteroatoms. The molecule has 0 N–H and O–H groups in total. The second-order valence-electron chi connectivity index (χ2n) is 2.42. The fourth-order valence-electron chi connectivity index (χ4n) is 0.998. The molecule has 13 heavy (non-hydrogen) atoms. The first-order chi connectivity index (χ1) is 6.40. The number of benzene rings is 1. The maximum Gasteiger partial charge on any atom is 0.143 e. The second kappa shape index (κ2) is 3.03. The number of hydrogen-bond donors (Lipinski definition) is 0. The summed E-state index contributed by atoms with van der Waals surface area (Å²) < 4.78 is 1.50. The molecule has 0 spiro atoms. The van der Waals surface area contributed by atoms with Crippen LogP contribution in [0.3, 0.4) is 0 Å². The van der Waals surface area contributed by atoms with Gasteiger partial charge in [-0.2, -0.15) is 5.26 Å². The smallest absolute Gasteiger partial charge is 0.143 e. The molecule has 0 radical (unpaired) electrons. The number of tetrazole rings is 1. The Morgan fingerprint density at radius 1 is 1.38 bits per heavy atom. The molecule has 0 fully saturated rings. The van der Waals surface area contributed by atoms with E-state index in [4.69, 9.17) is 5.26 Å². The number of hydrogen-bond acceptors (Lipinski definition) is 4. The zero-order valence-corrected chi connectivity index (χ0v) is 6.62. The van der Waals surface area contributed by atoms with Crippen LogP contribution in [0.1, 0.15) is 5.56 Å². The SMILES string of the molecule is N#Cc1cccc(-n2cnnn2)c1. The molecule has 1 aromatic carbocycles. The van der Waals surface area contributed by atoms with Crippen molar-refractivity contribution in [2.24, 2.45) is 0 Å². The van der Waals surface area contributed by atoms with Gasteiger partial charge in [0.15, 0.2) is 0 Å². The van der Waals surface area contributed by atoms with Crippen LogP contribution in [0, 0.1) is 11.3 Å². The Kier molecular flexibility index (Phi) is 1.73. The first kappa shape index (κ1) is 7.43. The van der Waals surface area contributed by atoms with Gasteiger partial charge in [-0.1, -0.05) is 6.07 Å². The summed E-state index contributed by atoms with van der Waals surface area (Å²) in [6.07, 6.45) is 1.48. The van der Waals surface area contributed by atoms with E-state index in [1.54, 1.807) is 18.2 Å². The van der Waals surface area contributed by atoms with Crippen molar-refractivity contribution >= 4 is 0 Å². The molecule has 0 unspecified atom stereocenters. The first-order valence-corrected chi connectivity index (χ1v) is 3.63. The van der Waals surface area contributed by atoms with E-state index >= 15 is 0 Å². The van der Waals surface area contributed by atoms with Crippen LogP contribution in [0.4, 0.5) is 0 Å². The van der Waals surface area contributed by atoms with E-state index in [2.05, 4.69) is 15.5 Å². The molecule has 5 nitrogen and oxygen atoms in total. The lowest BCUT2D eigenvalue weighted by atomic mass is 10.2. The van der Waals surface area contributed by atoms with Gasteiger partial charge in [-0.15, -0.1) is 5.10 Å². The van der Waals surface area contributed by atoms with Crippen LogP contribution < -0.4 is 0 Å². The van der Waals surface area contributed by atoms with E-state index in [0.29, 0.717) is 5.56 Å². The summed E-state index contributed by atoms with van der Waals surface area (Å²) in [5.41, 5.74) is 1.37. The highest BCUT2D eigenvalue weighted by molar-refractivity contribution is 5.40. The minimum atomic E-state index is 0.591. The summed E-state index contributed by atoms with van der Waals surface area (Å²) in [5, 5.41) is 19.4. The zero-order chi connectivity index (χ0) is 9.10. The Hall–Kier alpha value is -2.22. The maximum absolute atomic E-state index is 8.65. The molecule has 0 amide bonds. The van der Waals surface area contributed by atoms with Gasteiger partial charge in [-0.05, 0) is 28.6 Å². The lowest BCUT2D eigenvalue weighted by Gasteiger charge is -1.97. The summed E-state index contributed by atoms with van der Waals surface area (Å²) in [5.74, 6) is 0. The van der Waals surface area contributed by atoms with Crippen molar-refractivity contribution in [3.63, 3.8) is 0 Å². The van der Waals surface area contributed by atoms with Crippen molar-refractivity contribution in [1.29, 1.82) is 5.26 Å². The lowest BCUT2D eigenvalue weighted by molar-refractivity contribution is 0.789. The predicted octanol–water partition coefficient (Wildman–Crippen LogP) is 0.534. The van der Waals surface area contributed by atoms with Crippen LogP contribution >= 0.6 is 0 Å². The normalized spacial score (nSPS) is 9.46. The summed E-state index contributed by atoms with van der Waals surface area (Å²) >= 11 is 0. The van der Waals surface area contributed by atoms with Crippen LogP contribution in [0.5, 0.6) is 0 Å². The summed E-state index contributed by atoms with van der Waals surface area (Å²) in [7, 11) is 0. The Morgan fingerprint density at radius 2 is 2.31 bits per heavy atom. The highest BCUT2D eigenvalue weighted by atomic mass is 15.5. The molecular weight excluding hydrogens is 166 g/mol. The van der Waals surface area contributed by atoms with E-state index in [-0.39, 0.29) is 0 Å². The van der Waals surface area contributed by atoms with Crippen molar-refractivity contribution in [3.8, 4) is 11.8 Å². The maximum atomic E-state index is 8.65. The molecule has 2 aromatic rings. The van der Waals surface area contributed by atoms with Gasteiger partial charge in [-0.25, -0.2) is 4.68 Å². The number of nitriles is 1. The Morgan fingerprint density at radius 3 is 3.00 bits per heavy atom. The fraction of sp³-hybridized carbons (Fsp3) is 0. The second-order valence-corrected chi connectivity index (χ2v) is 2.42. The zero-order valence-electron chi connectivity index (χ0n) is 6.62. The summed E-state index contributed by atoms with van der Waals surface area (Å²) in [6.45, 7) is 0. The van der Waals surface area contributed by atoms with Gasteiger partial charge in [0.2, 0.25) is 0 Å². The van der Waals surface area contributed by atoms with Gasteiger partial charge in [0.05, 0.1) is 17.3 Å². The molecule has 62 valence electrons. The molecular formula is C8H5N5. The first-order valence-electron chi connectivity index (χ1n) is 3.63. The molecule has 0 atom stereocenters. The molecule has 0 saturated heterocycles. The quantitative estimate of drug-likeness (QED) is 0.627. The fourth-order valence-corrected chi connectivity index (χ4v) is 0.998. The van der Waals surface area contributed by atoms with E-state index in [1.165, 1.54) is 11.0 Å². The Labute approximate surface area is 74.2 Å². The van der Waals surface area contributed by atoms with Crippen LogP contribution in [0.25, 0.3) is 5.69 Å². The highest BCUT2D eigenvalue weighted by Gasteiger charge is 1.97. The average molecular weight is 171 g/mol. The highest BCUT2D eigenvalue weighted by Crippen LogP contribution is 2.06. The van der Waals surface area contributed by atoms with Gasteiger partial charge >= 0.3 is 0 Å². The van der Waals surface area contributed by atoms with Crippen molar-refractivity contribution in [2.45, 2.75) is 0 Å². The van der Waals surface area contributed by atoms with Gasteiger partial charge < -0.3 is 0 Å². The lowest BCUT2D eigenvalue weighted by Crippen LogP contribution is -1.94. The van der Waals surface area contributed by atoms with Crippen LogP contribution in [-0.4, -0.2) is 20.2 Å². The molecule has 1 heterocycles. The molecule has 0 saturated carbocycles. The minimum Gasteiger partial charge on any atom is -0.201 e. The van der Waals surface area contributed by atoms with E-state index < -0.39 is 0 Å². The van der Waals surface area contributed by atoms with Crippen LogP contribution in [0.15, 0.2) is 30.6 Å². The van der Waals surface area contributed by atoms with Gasteiger partial charge in [0.1, 0.15) is 6.33 Å². The number of aromatic nitrogens is 4. The standard InChI is InChI=1S/C8H5N5/c9-5-7-2-1-3-8(4-7)13-6-10-11-12-13/h1-4,6H. The van der Waals surface area contributed by atoms with E-state index in [1.807, 2.05) is 12.1 Å². The van der Waals surface area contributed by atoms with Crippen molar-refractivity contribution < 1.29 is 0 Å². The topological polar surface area (TPSA) is 67.4 Å². The van der Waals surface area contributed by atoms with Gasteiger partial charge in [0, 0.05) is 0 Å². The largest absolute Gasteiger partial charge is 0.201 e. The third kappa shape index (κ3) is 1.37. The van der Waals surface area contributed by atoms with Crippen LogP contribution in [0.2, 0.25) is 0 Å². The third-order valence-corrected chi connectivity index (χ3v) is 1.59. The van der Waals surface area contributed by atoms with Crippen molar-refractivity contribution in [1.82, 2.24) is 20.2 Å². The molecule has 0 bridgehead atoms. The summed E-state index contributed by atoms with van der Waals surface area (Å²) in [6, 6.07) is 9.11.